The first kappa shape index (κ1) is 14.2. The van der Waals surface area contributed by atoms with Gasteiger partial charge in [-0.05, 0) is 40.4 Å². The molecule has 0 amide bonds. The summed E-state index contributed by atoms with van der Waals surface area (Å²) in [5.74, 6) is -0.331. The molecule has 0 spiro atoms. The summed E-state index contributed by atoms with van der Waals surface area (Å²) in [6.45, 7) is 0. The van der Waals surface area contributed by atoms with E-state index < -0.39 is 0 Å². The van der Waals surface area contributed by atoms with E-state index in [0.717, 1.165) is 5.56 Å². The number of nitrogens with one attached hydrogen (secondary N) is 1. The molecule has 0 radical (unpaired) electrons. The Balaban J connectivity index is 2.15. The lowest BCUT2D eigenvalue weighted by Crippen LogP contribution is -1.92. The molecule has 0 saturated heterocycles. The fraction of sp³-hybridized carbons (Fsp3) is 0.0714. The zero-order chi connectivity index (χ0) is 14.8. The molecule has 106 valence electrons. The summed E-state index contributed by atoms with van der Waals surface area (Å²) in [6, 6.07) is 6.92. The van der Waals surface area contributed by atoms with Gasteiger partial charge in [0.25, 0.3) is 0 Å². The number of H-pyrrole nitrogens is 1. The van der Waals surface area contributed by atoms with E-state index in [0.29, 0.717) is 26.6 Å². The Morgan fingerprint density at radius 3 is 2.90 bits per heavy atom. The Morgan fingerprint density at radius 1 is 1.24 bits per heavy atom. The van der Waals surface area contributed by atoms with E-state index in [4.69, 9.17) is 0 Å². The highest BCUT2D eigenvalue weighted by Gasteiger charge is 2.16. The lowest BCUT2D eigenvalue weighted by Gasteiger charge is -2.06. The van der Waals surface area contributed by atoms with Crippen LogP contribution in [0.25, 0.3) is 22.5 Å². The van der Waals surface area contributed by atoms with E-state index >= 15 is 0 Å². The molecule has 1 N–H and O–H groups in total. The molecular formula is C14H10BrFN4S. The predicted molar refractivity (Wildman–Crippen MR) is 84.5 cm³/mol. The van der Waals surface area contributed by atoms with Crippen LogP contribution in [0, 0.1) is 5.82 Å². The Hall–Kier alpha value is -1.73. The molecule has 4 nitrogen and oxygen atoms in total. The van der Waals surface area contributed by atoms with Gasteiger partial charge in [-0.3, -0.25) is 5.10 Å². The molecule has 3 aromatic rings. The van der Waals surface area contributed by atoms with Crippen LogP contribution in [0.1, 0.15) is 0 Å². The summed E-state index contributed by atoms with van der Waals surface area (Å²) >= 11 is 4.65. The molecule has 3 rings (SSSR count). The third-order valence-electron chi connectivity index (χ3n) is 2.95. The fourth-order valence-corrected chi connectivity index (χ4v) is 2.69. The van der Waals surface area contributed by atoms with Gasteiger partial charge in [-0.15, -0.1) is 0 Å². The predicted octanol–water partition coefficient (Wildman–Crippen LogP) is 4.16. The highest BCUT2D eigenvalue weighted by atomic mass is 79.9. The number of rotatable bonds is 3. The monoisotopic (exact) mass is 364 g/mol. The van der Waals surface area contributed by atoms with Gasteiger partial charge < -0.3 is 0 Å². The van der Waals surface area contributed by atoms with Crippen LogP contribution in [-0.2, 0) is 0 Å². The Bertz CT molecular complexity index is 790. The van der Waals surface area contributed by atoms with Crippen LogP contribution in [0.5, 0.6) is 0 Å². The lowest BCUT2D eigenvalue weighted by atomic mass is 10.1. The molecule has 2 heterocycles. The van der Waals surface area contributed by atoms with Gasteiger partial charge in [0, 0.05) is 17.3 Å². The molecule has 1 aromatic carbocycles. The van der Waals surface area contributed by atoms with E-state index in [-0.39, 0.29) is 5.82 Å². The number of nitrogens with zero attached hydrogens (tertiary/aromatic N) is 3. The van der Waals surface area contributed by atoms with Gasteiger partial charge in [-0.25, -0.2) is 14.4 Å². The average Bonchev–Trinajstić information content (AvgIpc) is 2.99. The van der Waals surface area contributed by atoms with Gasteiger partial charge in [0.05, 0.1) is 22.1 Å². The third kappa shape index (κ3) is 2.71. The minimum atomic E-state index is -0.331. The van der Waals surface area contributed by atoms with Gasteiger partial charge in [0.1, 0.15) is 5.82 Å². The maximum Gasteiger partial charge on any atom is 0.187 e. The Kier molecular flexibility index (Phi) is 4.03. The summed E-state index contributed by atoms with van der Waals surface area (Å²) in [6.07, 6.45) is 5.23. The summed E-state index contributed by atoms with van der Waals surface area (Å²) in [5, 5.41) is 7.54. The summed E-state index contributed by atoms with van der Waals surface area (Å²) in [4.78, 5) is 8.57. The van der Waals surface area contributed by atoms with Crippen molar-refractivity contribution in [2.24, 2.45) is 0 Å². The summed E-state index contributed by atoms with van der Waals surface area (Å²) in [5.41, 5.74) is 2.49. The third-order valence-corrected chi connectivity index (χ3v) is 4.13. The molecule has 2 aromatic heterocycles. The Morgan fingerprint density at radius 2 is 2.10 bits per heavy atom. The smallest absolute Gasteiger partial charge is 0.187 e. The SMILES string of the molecule is CSc1nccc(-c2cn[nH]c2-c2cccc(Br)c2F)n1. The molecule has 0 unspecified atom stereocenters. The first-order valence-electron chi connectivity index (χ1n) is 6.06. The van der Waals surface area contributed by atoms with Gasteiger partial charge in [-0.1, -0.05) is 17.8 Å². The molecule has 0 atom stereocenters. The van der Waals surface area contributed by atoms with Crippen molar-refractivity contribution in [1.82, 2.24) is 20.2 Å². The number of halogens is 2. The number of hydrogen-bond acceptors (Lipinski definition) is 4. The van der Waals surface area contributed by atoms with Crippen molar-refractivity contribution in [3.8, 4) is 22.5 Å². The number of aromatic nitrogens is 4. The number of hydrogen-bond donors (Lipinski definition) is 1. The molecule has 0 bridgehead atoms. The molecule has 7 heteroatoms. The summed E-state index contributed by atoms with van der Waals surface area (Å²) < 4.78 is 14.7. The van der Waals surface area contributed by atoms with Crippen molar-refractivity contribution in [2.75, 3.05) is 6.26 Å². The van der Waals surface area contributed by atoms with Crippen LogP contribution >= 0.6 is 27.7 Å². The van der Waals surface area contributed by atoms with E-state index in [2.05, 4.69) is 36.1 Å². The van der Waals surface area contributed by atoms with Gasteiger partial charge in [0.15, 0.2) is 5.16 Å². The first-order valence-corrected chi connectivity index (χ1v) is 8.07. The van der Waals surface area contributed by atoms with Crippen LogP contribution < -0.4 is 0 Å². The van der Waals surface area contributed by atoms with Crippen molar-refractivity contribution < 1.29 is 4.39 Å². The van der Waals surface area contributed by atoms with Crippen LogP contribution in [0.15, 0.2) is 46.3 Å². The summed E-state index contributed by atoms with van der Waals surface area (Å²) in [7, 11) is 0. The topological polar surface area (TPSA) is 54.5 Å². The number of thioether (sulfide) groups is 1. The highest BCUT2D eigenvalue weighted by Crippen LogP contribution is 2.33. The molecule has 0 aliphatic heterocycles. The molecule has 21 heavy (non-hydrogen) atoms. The van der Waals surface area contributed by atoms with Crippen molar-refractivity contribution >= 4 is 27.7 Å². The van der Waals surface area contributed by atoms with E-state index in [1.807, 2.05) is 6.26 Å². The van der Waals surface area contributed by atoms with Crippen LogP contribution in [0.2, 0.25) is 0 Å². The van der Waals surface area contributed by atoms with Gasteiger partial charge in [-0.2, -0.15) is 5.10 Å². The second-order valence-electron chi connectivity index (χ2n) is 4.19. The largest absolute Gasteiger partial charge is 0.277 e. The maximum atomic E-state index is 14.3. The fourth-order valence-electron chi connectivity index (χ4n) is 1.97. The van der Waals surface area contributed by atoms with Crippen molar-refractivity contribution in [1.29, 1.82) is 0 Å². The van der Waals surface area contributed by atoms with E-state index in [1.165, 1.54) is 11.8 Å². The second kappa shape index (κ2) is 5.95. The molecule has 0 aliphatic rings. The zero-order valence-electron chi connectivity index (χ0n) is 11.0. The maximum absolute atomic E-state index is 14.3. The molecule has 0 fully saturated rings. The van der Waals surface area contributed by atoms with Gasteiger partial charge >= 0.3 is 0 Å². The minimum Gasteiger partial charge on any atom is -0.277 e. The number of aromatic amines is 1. The average molecular weight is 365 g/mol. The quantitative estimate of drug-likeness (QED) is 0.560. The number of benzene rings is 1. The van der Waals surface area contributed by atoms with Crippen molar-refractivity contribution in [2.45, 2.75) is 5.16 Å². The molecule has 0 aliphatic carbocycles. The van der Waals surface area contributed by atoms with Crippen LogP contribution in [-0.4, -0.2) is 26.4 Å². The molecular weight excluding hydrogens is 355 g/mol. The zero-order valence-corrected chi connectivity index (χ0v) is 13.4. The second-order valence-corrected chi connectivity index (χ2v) is 5.82. The van der Waals surface area contributed by atoms with E-state index in [9.17, 15) is 4.39 Å². The van der Waals surface area contributed by atoms with Crippen LogP contribution in [0.3, 0.4) is 0 Å². The van der Waals surface area contributed by atoms with Crippen molar-refractivity contribution in [3.05, 3.63) is 46.9 Å². The van der Waals surface area contributed by atoms with Crippen LogP contribution in [0.4, 0.5) is 4.39 Å². The normalized spacial score (nSPS) is 10.8. The van der Waals surface area contributed by atoms with E-state index in [1.54, 1.807) is 36.7 Å². The Labute approximate surface area is 133 Å². The molecule has 0 saturated carbocycles. The standard InChI is InChI=1S/C14H10BrFN4S/c1-21-14-17-6-5-11(19-14)9-7-18-20-13(9)8-3-2-4-10(15)12(8)16/h2-7H,1H3,(H,18,20). The van der Waals surface area contributed by atoms with Gasteiger partial charge in [0.2, 0.25) is 0 Å². The first-order chi connectivity index (χ1) is 10.2. The lowest BCUT2D eigenvalue weighted by molar-refractivity contribution is 0.624. The van der Waals surface area contributed by atoms with Crippen molar-refractivity contribution in [3.63, 3.8) is 0 Å². The highest BCUT2D eigenvalue weighted by molar-refractivity contribution is 9.10. The minimum absolute atomic E-state index is 0.331.